The summed E-state index contributed by atoms with van der Waals surface area (Å²) >= 11 is 0. The minimum atomic E-state index is -0.0730. The number of likely N-dealkylation sites (tertiary alicyclic amines) is 1. The van der Waals surface area contributed by atoms with Gasteiger partial charge in [-0.3, -0.25) is 9.69 Å². The van der Waals surface area contributed by atoms with Crippen molar-refractivity contribution in [1.82, 2.24) is 14.9 Å². The molecule has 1 saturated heterocycles. The highest BCUT2D eigenvalue weighted by Gasteiger charge is 2.26. The smallest absolute Gasteiger partial charge is 0.310 e. The van der Waals surface area contributed by atoms with Crippen LogP contribution in [0.25, 0.3) is 0 Å². The van der Waals surface area contributed by atoms with Crippen LogP contribution < -0.4 is 0 Å². The largest absolute Gasteiger partial charge is 0.466 e. The standard InChI is InChI=1S/C13H19N3O2/c1-2-18-13(17)11-5-3-8-16(9-11)10-12-14-6-4-7-15-12/h4,6-7,11H,2-3,5,8-10H2,1H3/t11-/m1/s1. The van der Waals surface area contributed by atoms with E-state index in [1.54, 1.807) is 18.5 Å². The van der Waals surface area contributed by atoms with E-state index in [4.69, 9.17) is 4.74 Å². The number of hydrogen-bond acceptors (Lipinski definition) is 5. The van der Waals surface area contributed by atoms with Crippen molar-refractivity contribution < 1.29 is 9.53 Å². The molecule has 0 aromatic carbocycles. The number of esters is 1. The summed E-state index contributed by atoms with van der Waals surface area (Å²) in [4.78, 5) is 22.4. The van der Waals surface area contributed by atoms with E-state index in [0.717, 1.165) is 31.8 Å². The van der Waals surface area contributed by atoms with Crippen molar-refractivity contribution in [3.8, 4) is 0 Å². The molecular weight excluding hydrogens is 230 g/mol. The van der Waals surface area contributed by atoms with Gasteiger partial charge in [-0.2, -0.15) is 0 Å². The number of nitrogens with zero attached hydrogens (tertiary/aromatic N) is 3. The lowest BCUT2D eigenvalue weighted by Gasteiger charge is -2.30. The Morgan fingerprint density at radius 3 is 3.00 bits per heavy atom. The normalized spacial score (nSPS) is 20.6. The maximum atomic E-state index is 11.7. The molecule has 0 spiro atoms. The van der Waals surface area contributed by atoms with Crippen molar-refractivity contribution in [3.05, 3.63) is 24.3 Å². The molecule has 5 nitrogen and oxygen atoms in total. The first-order valence-electron chi connectivity index (χ1n) is 6.44. The number of carbonyl (C=O) groups excluding carboxylic acids is 1. The molecule has 0 unspecified atom stereocenters. The van der Waals surface area contributed by atoms with Gasteiger partial charge < -0.3 is 4.74 Å². The molecule has 1 fully saturated rings. The van der Waals surface area contributed by atoms with Gasteiger partial charge in [0.2, 0.25) is 0 Å². The molecule has 98 valence electrons. The lowest BCUT2D eigenvalue weighted by molar-refractivity contribution is -0.150. The predicted octanol–water partition coefficient (Wildman–Crippen LogP) is 1.25. The quantitative estimate of drug-likeness (QED) is 0.752. The van der Waals surface area contributed by atoms with Gasteiger partial charge in [-0.15, -0.1) is 0 Å². The van der Waals surface area contributed by atoms with E-state index >= 15 is 0 Å². The summed E-state index contributed by atoms with van der Waals surface area (Å²) in [5.74, 6) is 0.737. The fourth-order valence-corrected chi connectivity index (χ4v) is 2.26. The molecule has 1 aromatic rings. The fraction of sp³-hybridized carbons (Fsp3) is 0.615. The van der Waals surface area contributed by atoms with Crippen molar-refractivity contribution in [2.75, 3.05) is 19.7 Å². The summed E-state index contributed by atoms with van der Waals surface area (Å²) in [5.41, 5.74) is 0. The first-order chi connectivity index (χ1) is 8.79. The lowest BCUT2D eigenvalue weighted by atomic mass is 9.98. The number of piperidine rings is 1. The first kappa shape index (κ1) is 13.0. The first-order valence-corrected chi connectivity index (χ1v) is 6.44. The monoisotopic (exact) mass is 249 g/mol. The summed E-state index contributed by atoms with van der Waals surface area (Å²) in [6, 6.07) is 1.81. The summed E-state index contributed by atoms with van der Waals surface area (Å²) in [6.07, 6.45) is 5.44. The molecule has 1 aromatic heterocycles. The Balaban J connectivity index is 1.89. The Morgan fingerprint density at radius 2 is 2.28 bits per heavy atom. The summed E-state index contributed by atoms with van der Waals surface area (Å²) in [7, 11) is 0. The maximum absolute atomic E-state index is 11.7. The zero-order valence-electron chi connectivity index (χ0n) is 10.7. The van der Waals surface area contributed by atoms with E-state index in [0.29, 0.717) is 13.2 Å². The Morgan fingerprint density at radius 1 is 1.50 bits per heavy atom. The van der Waals surface area contributed by atoms with E-state index in [1.165, 1.54) is 0 Å². The molecule has 0 radical (unpaired) electrons. The second-order valence-electron chi connectivity index (χ2n) is 4.49. The number of ether oxygens (including phenoxy) is 1. The highest BCUT2D eigenvalue weighted by atomic mass is 16.5. The van der Waals surface area contributed by atoms with Crippen LogP contribution in [0.3, 0.4) is 0 Å². The summed E-state index contributed by atoms with van der Waals surface area (Å²) < 4.78 is 5.08. The van der Waals surface area contributed by atoms with Gasteiger partial charge in [0, 0.05) is 18.9 Å². The van der Waals surface area contributed by atoms with Crippen molar-refractivity contribution in [3.63, 3.8) is 0 Å². The van der Waals surface area contributed by atoms with Crippen LogP contribution in [0.5, 0.6) is 0 Å². The van der Waals surface area contributed by atoms with Crippen LogP contribution in [0.4, 0.5) is 0 Å². The SMILES string of the molecule is CCOC(=O)[C@@H]1CCCN(Cc2ncccn2)C1. The molecule has 0 aliphatic carbocycles. The highest BCUT2D eigenvalue weighted by molar-refractivity contribution is 5.72. The summed E-state index contributed by atoms with van der Waals surface area (Å²) in [5, 5.41) is 0. The topological polar surface area (TPSA) is 55.3 Å². The Hall–Kier alpha value is -1.49. The van der Waals surface area contributed by atoms with Crippen LogP contribution in [0, 0.1) is 5.92 Å². The fourth-order valence-electron chi connectivity index (χ4n) is 2.26. The second kappa shape index (κ2) is 6.44. The van der Waals surface area contributed by atoms with Gasteiger partial charge in [-0.05, 0) is 32.4 Å². The van der Waals surface area contributed by atoms with Crippen LogP contribution in [-0.4, -0.2) is 40.5 Å². The Kier molecular flexibility index (Phi) is 4.64. The van der Waals surface area contributed by atoms with Crippen molar-refractivity contribution in [2.24, 2.45) is 5.92 Å². The average molecular weight is 249 g/mol. The van der Waals surface area contributed by atoms with Gasteiger partial charge in [0.05, 0.1) is 19.1 Å². The molecule has 5 heteroatoms. The van der Waals surface area contributed by atoms with Gasteiger partial charge in [0.1, 0.15) is 5.82 Å². The lowest BCUT2D eigenvalue weighted by Crippen LogP contribution is -2.39. The maximum Gasteiger partial charge on any atom is 0.310 e. The highest BCUT2D eigenvalue weighted by Crippen LogP contribution is 2.18. The zero-order chi connectivity index (χ0) is 12.8. The van der Waals surface area contributed by atoms with Gasteiger partial charge in [-0.1, -0.05) is 0 Å². The third-order valence-corrected chi connectivity index (χ3v) is 3.11. The number of rotatable bonds is 4. The van der Waals surface area contributed by atoms with E-state index in [-0.39, 0.29) is 11.9 Å². The van der Waals surface area contributed by atoms with E-state index in [2.05, 4.69) is 14.9 Å². The minimum absolute atomic E-state index is 0.00223. The van der Waals surface area contributed by atoms with E-state index in [9.17, 15) is 4.79 Å². The van der Waals surface area contributed by atoms with Crippen molar-refractivity contribution >= 4 is 5.97 Å². The van der Waals surface area contributed by atoms with E-state index < -0.39 is 0 Å². The average Bonchev–Trinajstić information content (AvgIpc) is 2.40. The molecule has 1 aliphatic heterocycles. The van der Waals surface area contributed by atoms with Gasteiger partial charge in [0.15, 0.2) is 0 Å². The molecule has 0 saturated carbocycles. The second-order valence-corrected chi connectivity index (χ2v) is 4.49. The molecule has 0 amide bonds. The van der Waals surface area contributed by atoms with Gasteiger partial charge in [-0.25, -0.2) is 9.97 Å². The van der Waals surface area contributed by atoms with Crippen LogP contribution in [-0.2, 0) is 16.1 Å². The van der Waals surface area contributed by atoms with Crippen LogP contribution in [0.15, 0.2) is 18.5 Å². The van der Waals surface area contributed by atoms with Crippen molar-refractivity contribution in [1.29, 1.82) is 0 Å². The number of carbonyl (C=O) groups is 1. The zero-order valence-corrected chi connectivity index (χ0v) is 10.7. The van der Waals surface area contributed by atoms with Crippen molar-refractivity contribution in [2.45, 2.75) is 26.3 Å². The molecule has 2 rings (SSSR count). The van der Waals surface area contributed by atoms with E-state index in [1.807, 2.05) is 6.92 Å². The molecule has 2 heterocycles. The molecule has 0 bridgehead atoms. The molecular formula is C13H19N3O2. The molecule has 0 N–H and O–H groups in total. The summed E-state index contributed by atoms with van der Waals surface area (Å²) in [6.45, 7) is 4.75. The van der Waals surface area contributed by atoms with Gasteiger partial charge in [0.25, 0.3) is 0 Å². The number of hydrogen-bond donors (Lipinski definition) is 0. The molecule has 1 aliphatic rings. The van der Waals surface area contributed by atoms with Crippen LogP contribution in [0.1, 0.15) is 25.6 Å². The Labute approximate surface area is 107 Å². The number of aromatic nitrogens is 2. The van der Waals surface area contributed by atoms with Gasteiger partial charge >= 0.3 is 5.97 Å². The molecule has 1 atom stereocenters. The predicted molar refractivity (Wildman–Crippen MR) is 66.7 cm³/mol. The Bertz CT molecular complexity index is 383. The third kappa shape index (κ3) is 3.50. The van der Waals surface area contributed by atoms with Crippen LogP contribution >= 0.6 is 0 Å². The molecule has 18 heavy (non-hydrogen) atoms. The third-order valence-electron chi connectivity index (χ3n) is 3.11. The minimum Gasteiger partial charge on any atom is -0.466 e. The van der Waals surface area contributed by atoms with Crippen LogP contribution in [0.2, 0.25) is 0 Å².